The Morgan fingerprint density at radius 2 is 1.85 bits per heavy atom. The molecular formula is C17H21F3N2O3S. The standard InChI is InChI=1S/C17H21F3N2O3S/c18-17(19,20)11-21-16(23)15-6-3-9-22(15)26(24,25)14-8-7-12-4-1-2-5-13(12)10-14/h7-8,10,15H,1-6,9,11H2,(H,21,23). The van der Waals surface area contributed by atoms with Gasteiger partial charge < -0.3 is 5.32 Å². The van der Waals surface area contributed by atoms with Crippen molar-refractivity contribution in [2.24, 2.45) is 0 Å². The maximum absolute atomic E-state index is 13.0. The molecule has 0 saturated carbocycles. The number of hydrogen-bond acceptors (Lipinski definition) is 3. The molecule has 1 amide bonds. The van der Waals surface area contributed by atoms with E-state index in [1.807, 2.05) is 0 Å². The van der Waals surface area contributed by atoms with E-state index >= 15 is 0 Å². The minimum Gasteiger partial charge on any atom is -0.346 e. The molecule has 9 heteroatoms. The van der Waals surface area contributed by atoms with E-state index < -0.39 is 34.7 Å². The molecule has 144 valence electrons. The first-order valence-corrected chi connectivity index (χ1v) is 10.1. The van der Waals surface area contributed by atoms with Crippen LogP contribution >= 0.6 is 0 Å². The van der Waals surface area contributed by atoms with E-state index in [9.17, 15) is 26.4 Å². The summed E-state index contributed by atoms with van der Waals surface area (Å²) in [5.41, 5.74) is 2.13. The third-order valence-electron chi connectivity index (χ3n) is 4.90. The molecule has 1 unspecified atom stereocenters. The maximum atomic E-state index is 13.0. The fourth-order valence-corrected chi connectivity index (χ4v) is 5.31. The van der Waals surface area contributed by atoms with Gasteiger partial charge in [0.25, 0.3) is 0 Å². The first-order valence-electron chi connectivity index (χ1n) is 8.66. The molecule has 0 spiro atoms. The summed E-state index contributed by atoms with van der Waals surface area (Å²) >= 11 is 0. The number of carbonyl (C=O) groups is 1. The Morgan fingerprint density at radius 3 is 2.54 bits per heavy atom. The van der Waals surface area contributed by atoms with E-state index in [1.54, 1.807) is 17.4 Å². The first kappa shape index (κ1) is 19.2. The number of halogens is 3. The van der Waals surface area contributed by atoms with Crippen molar-refractivity contribution in [1.29, 1.82) is 0 Å². The van der Waals surface area contributed by atoms with Crippen molar-refractivity contribution in [3.63, 3.8) is 0 Å². The Hall–Kier alpha value is -1.61. The number of carbonyl (C=O) groups excluding carboxylic acids is 1. The molecule has 1 atom stereocenters. The second kappa shape index (κ2) is 7.19. The second-order valence-electron chi connectivity index (χ2n) is 6.74. The molecule has 1 aliphatic heterocycles. The molecule has 1 saturated heterocycles. The summed E-state index contributed by atoms with van der Waals surface area (Å²) in [7, 11) is -3.93. The van der Waals surface area contributed by atoms with Gasteiger partial charge >= 0.3 is 6.18 Å². The molecule has 0 bridgehead atoms. The number of nitrogens with one attached hydrogen (secondary N) is 1. The van der Waals surface area contributed by atoms with Crippen LogP contribution < -0.4 is 5.32 Å². The number of alkyl halides is 3. The largest absolute Gasteiger partial charge is 0.405 e. The van der Waals surface area contributed by atoms with Crippen LogP contribution in [0.25, 0.3) is 0 Å². The molecule has 0 aromatic heterocycles. The molecule has 5 nitrogen and oxygen atoms in total. The molecule has 1 heterocycles. The molecule has 1 aliphatic carbocycles. The fraction of sp³-hybridized carbons (Fsp3) is 0.588. The zero-order valence-corrected chi connectivity index (χ0v) is 15.0. The van der Waals surface area contributed by atoms with Gasteiger partial charge in [0.05, 0.1) is 4.90 Å². The number of aryl methyl sites for hydroxylation is 2. The monoisotopic (exact) mass is 390 g/mol. The van der Waals surface area contributed by atoms with Crippen LogP contribution in [-0.2, 0) is 27.7 Å². The Labute approximate surface area is 150 Å². The Bertz CT molecular complexity index is 793. The predicted octanol–water partition coefficient (Wildman–Crippen LogP) is 2.40. The Balaban J connectivity index is 1.80. The minimum absolute atomic E-state index is 0.105. The zero-order chi connectivity index (χ0) is 18.9. The van der Waals surface area contributed by atoms with E-state index in [4.69, 9.17) is 0 Å². The Kier molecular flexibility index (Phi) is 5.30. The number of nitrogens with zero attached hydrogens (tertiary/aromatic N) is 1. The minimum atomic E-state index is -4.53. The molecule has 1 aromatic carbocycles. The van der Waals surface area contributed by atoms with Crippen LogP contribution in [0.3, 0.4) is 0 Å². The van der Waals surface area contributed by atoms with E-state index in [1.165, 1.54) is 6.07 Å². The zero-order valence-electron chi connectivity index (χ0n) is 14.2. The molecule has 3 rings (SSSR count). The van der Waals surface area contributed by atoms with Crippen LogP contribution in [-0.4, -0.2) is 43.9 Å². The van der Waals surface area contributed by atoms with Crippen LogP contribution in [0.5, 0.6) is 0 Å². The van der Waals surface area contributed by atoms with Gasteiger partial charge in [0.2, 0.25) is 15.9 Å². The van der Waals surface area contributed by atoms with Gasteiger partial charge in [-0.2, -0.15) is 17.5 Å². The number of benzene rings is 1. The molecule has 26 heavy (non-hydrogen) atoms. The van der Waals surface area contributed by atoms with Crippen LogP contribution in [0.15, 0.2) is 23.1 Å². The molecule has 0 radical (unpaired) electrons. The molecular weight excluding hydrogens is 369 g/mol. The van der Waals surface area contributed by atoms with E-state index in [0.717, 1.165) is 41.1 Å². The lowest BCUT2D eigenvalue weighted by Gasteiger charge is -2.24. The molecule has 1 aromatic rings. The van der Waals surface area contributed by atoms with Gasteiger partial charge in [-0.25, -0.2) is 8.42 Å². The molecule has 1 N–H and O–H groups in total. The quantitative estimate of drug-likeness (QED) is 0.859. The highest BCUT2D eigenvalue weighted by atomic mass is 32.2. The number of fused-ring (bicyclic) bond motifs is 1. The van der Waals surface area contributed by atoms with Crippen LogP contribution in [0, 0.1) is 0 Å². The lowest BCUT2D eigenvalue weighted by atomic mass is 9.92. The molecule has 1 fully saturated rings. The van der Waals surface area contributed by atoms with Crippen molar-refractivity contribution in [3.8, 4) is 0 Å². The average Bonchev–Trinajstić information content (AvgIpc) is 3.09. The number of hydrogen-bond donors (Lipinski definition) is 1. The highest BCUT2D eigenvalue weighted by Crippen LogP contribution is 2.29. The number of amides is 1. The van der Waals surface area contributed by atoms with Crippen LogP contribution in [0.1, 0.15) is 36.8 Å². The van der Waals surface area contributed by atoms with Gasteiger partial charge in [0, 0.05) is 6.54 Å². The van der Waals surface area contributed by atoms with Gasteiger partial charge in [-0.05, 0) is 61.8 Å². The summed E-state index contributed by atoms with van der Waals surface area (Å²) in [6.45, 7) is -1.33. The highest BCUT2D eigenvalue weighted by molar-refractivity contribution is 7.89. The summed E-state index contributed by atoms with van der Waals surface area (Å²) in [5, 5.41) is 1.80. The molecule has 2 aliphatic rings. The third kappa shape index (κ3) is 4.03. The van der Waals surface area contributed by atoms with Crippen molar-refractivity contribution < 1.29 is 26.4 Å². The topological polar surface area (TPSA) is 66.5 Å². The van der Waals surface area contributed by atoms with E-state index in [2.05, 4.69) is 0 Å². The number of rotatable bonds is 4. The Morgan fingerprint density at radius 1 is 1.15 bits per heavy atom. The summed E-state index contributed by atoms with van der Waals surface area (Å²) in [6.07, 6.45) is -0.0655. The van der Waals surface area contributed by atoms with Crippen molar-refractivity contribution in [3.05, 3.63) is 29.3 Å². The van der Waals surface area contributed by atoms with E-state index in [-0.39, 0.29) is 17.9 Å². The van der Waals surface area contributed by atoms with Crippen molar-refractivity contribution in [1.82, 2.24) is 9.62 Å². The van der Waals surface area contributed by atoms with Crippen molar-refractivity contribution >= 4 is 15.9 Å². The van der Waals surface area contributed by atoms with E-state index in [0.29, 0.717) is 6.42 Å². The summed E-state index contributed by atoms with van der Waals surface area (Å²) in [5.74, 6) is -0.902. The lowest BCUT2D eigenvalue weighted by Crippen LogP contribution is -2.47. The second-order valence-corrected chi connectivity index (χ2v) is 8.63. The summed E-state index contributed by atoms with van der Waals surface area (Å²) in [4.78, 5) is 12.2. The van der Waals surface area contributed by atoms with Crippen molar-refractivity contribution in [2.45, 2.75) is 55.6 Å². The van der Waals surface area contributed by atoms with Gasteiger partial charge in [-0.1, -0.05) is 6.07 Å². The van der Waals surface area contributed by atoms with Crippen LogP contribution in [0.2, 0.25) is 0 Å². The SMILES string of the molecule is O=C(NCC(F)(F)F)C1CCCN1S(=O)(=O)c1ccc2c(c1)CCCC2. The van der Waals surface area contributed by atoms with Gasteiger partial charge in [0.15, 0.2) is 0 Å². The van der Waals surface area contributed by atoms with Gasteiger partial charge in [-0.15, -0.1) is 0 Å². The van der Waals surface area contributed by atoms with Gasteiger partial charge in [-0.3, -0.25) is 4.79 Å². The third-order valence-corrected chi connectivity index (χ3v) is 6.80. The fourth-order valence-electron chi connectivity index (χ4n) is 3.60. The summed E-state index contributed by atoms with van der Waals surface area (Å²) in [6, 6.07) is 3.88. The normalized spacial score (nSPS) is 21.4. The van der Waals surface area contributed by atoms with Gasteiger partial charge in [0.1, 0.15) is 12.6 Å². The van der Waals surface area contributed by atoms with Crippen molar-refractivity contribution in [2.75, 3.05) is 13.1 Å². The predicted molar refractivity (Wildman–Crippen MR) is 89.1 cm³/mol. The number of sulfonamides is 1. The summed E-state index contributed by atoms with van der Waals surface area (Å²) < 4.78 is 63.9. The maximum Gasteiger partial charge on any atom is 0.405 e. The highest BCUT2D eigenvalue weighted by Gasteiger charge is 2.40. The average molecular weight is 390 g/mol. The lowest BCUT2D eigenvalue weighted by molar-refractivity contribution is -0.140. The smallest absolute Gasteiger partial charge is 0.346 e. The van der Waals surface area contributed by atoms with Crippen LogP contribution in [0.4, 0.5) is 13.2 Å². The first-order chi connectivity index (χ1) is 12.2.